The molecule has 0 spiro atoms. The number of rotatable bonds is 2. The SMILES string of the molecule is CC1CN(CC2(N)CC2)CCCO1. The average molecular weight is 184 g/mol. The molecular formula is C10H20N2O. The normalized spacial score (nSPS) is 34.2. The van der Waals surface area contributed by atoms with E-state index in [0.29, 0.717) is 6.10 Å². The highest BCUT2D eigenvalue weighted by atomic mass is 16.5. The lowest BCUT2D eigenvalue weighted by Gasteiger charge is -2.24. The van der Waals surface area contributed by atoms with Gasteiger partial charge in [0.05, 0.1) is 6.10 Å². The summed E-state index contributed by atoms with van der Waals surface area (Å²) in [6.07, 6.45) is 3.95. The van der Waals surface area contributed by atoms with Crippen molar-refractivity contribution in [3.63, 3.8) is 0 Å². The fourth-order valence-electron chi connectivity index (χ4n) is 1.99. The minimum atomic E-state index is 0.157. The van der Waals surface area contributed by atoms with Crippen LogP contribution in [0.2, 0.25) is 0 Å². The van der Waals surface area contributed by atoms with Gasteiger partial charge in [0.15, 0.2) is 0 Å². The minimum absolute atomic E-state index is 0.157. The van der Waals surface area contributed by atoms with Crippen LogP contribution in [0.4, 0.5) is 0 Å². The molecule has 2 rings (SSSR count). The lowest BCUT2D eigenvalue weighted by atomic mass is 10.2. The van der Waals surface area contributed by atoms with Gasteiger partial charge >= 0.3 is 0 Å². The van der Waals surface area contributed by atoms with Crippen molar-refractivity contribution in [2.75, 3.05) is 26.2 Å². The molecule has 1 aliphatic carbocycles. The molecule has 2 fully saturated rings. The lowest BCUT2D eigenvalue weighted by Crippen LogP contribution is -2.41. The molecule has 0 amide bonds. The fourth-order valence-corrected chi connectivity index (χ4v) is 1.99. The van der Waals surface area contributed by atoms with Gasteiger partial charge in [0.2, 0.25) is 0 Å². The zero-order chi connectivity index (χ0) is 9.31. The van der Waals surface area contributed by atoms with E-state index in [4.69, 9.17) is 10.5 Å². The molecule has 1 saturated carbocycles. The van der Waals surface area contributed by atoms with E-state index >= 15 is 0 Å². The van der Waals surface area contributed by atoms with Crippen LogP contribution < -0.4 is 5.73 Å². The Morgan fingerprint density at radius 2 is 2.31 bits per heavy atom. The zero-order valence-electron chi connectivity index (χ0n) is 8.46. The third-order valence-electron chi connectivity index (χ3n) is 2.97. The van der Waals surface area contributed by atoms with Gasteiger partial charge in [0.25, 0.3) is 0 Å². The van der Waals surface area contributed by atoms with Crippen LogP contribution in [-0.2, 0) is 4.74 Å². The van der Waals surface area contributed by atoms with Crippen molar-refractivity contribution in [1.82, 2.24) is 4.90 Å². The topological polar surface area (TPSA) is 38.5 Å². The van der Waals surface area contributed by atoms with E-state index < -0.39 is 0 Å². The number of nitrogens with two attached hydrogens (primary N) is 1. The Balaban J connectivity index is 1.82. The minimum Gasteiger partial charge on any atom is -0.377 e. The van der Waals surface area contributed by atoms with Gasteiger partial charge in [0.1, 0.15) is 0 Å². The van der Waals surface area contributed by atoms with Gasteiger partial charge in [-0.25, -0.2) is 0 Å². The van der Waals surface area contributed by atoms with E-state index in [0.717, 1.165) is 32.7 Å². The standard InChI is InChI=1S/C10H20N2O/c1-9-7-12(5-2-6-13-9)8-10(11)3-4-10/h9H,2-8,11H2,1H3. The van der Waals surface area contributed by atoms with Crippen LogP contribution in [0, 0.1) is 0 Å². The molecule has 2 N–H and O–H groups in total. The predicted molar refractivity (Wildman–Crippen MR) is 52.6 cm³/mol. The van der Waals surface area contributed by atoms with Crippen molar-refractivity contribution < 1.29 is 4.74 Å². The van der Waals surface area contributed by atoms with Crippen LogP contribution in [0.25, 0.3) is 0 Å². The summed E-state index contributed by atoms with van der Waals surface area (Å²) in [5.74, 6) is 0. The van der Waals surface area contributed by atoms with Crippen LogP contribution >= 0.6 is 0 Å². The second kappa shape index (κ2) is 3.56. The fraction of sp³-hybridized carbons (Fsp3) is 1.00. The maximum Gasteiger partial charge on any atom is 0.0673 e. The number of ether oxygens (including phenoxy) is 1. The zero-order valence-corrected chi connectivity index (χ0v) is 8.46. The molecule has 1 unspecified atom stereocenters. The van der Waals surface area contributed by atoms with Crippen LogP contribution in [0.1, 0.15) is 26.2 Å². The van der Waals surface area contributed by atoms with Crippen LogP contribution in [0.3, 0.4) is 0 Å². The molecule has 2 aliphatic rings. The van der Waals surface area contributed by atoms with Crippen LogP contribution in [0.5, 0.6) is 0 Å². The maximum atomic E-state index is 6.09. The Bertz CT molecular complexity index is 180. The third-order valence-corrected chi connectivity index (χ3v) is 2.97. The second-order valence-corrected chi connectivity index (χ2v) is 4.63. The molecule has 1 atom stereocenters. The number of nitrogens with zero attached hydrogens (tertiary/aromatic N) is 1. The van der Waals surface area contributed by atoms with E-state index in [9.17, 15) is 0 Å². The van der Waals surface area contributed by atoms with Gasteiger partial charge < -0.3 is 10.5 Å². The van der Waals surface area contributed by atoms with Gasteiger partial charge in [-0.15, -0.1) is 0 Å². The Kier molecular flexibility index (Phi) is 2.58. The first kappa shape index (κ1) is 9.44. The van der Waals surface area contributed by atoms with Crippen molar-refractivity contribution in [2.24, 2.45) is 5.73 Å². The van der Waals surface area contributed by atoms with Gasteiger partial charge in [-0.05, 0) is 26.2 Å². The summed E-state index contributed by atoms with van der Waals surface area (Å²) in [6.45, 7) is 6.34. The molecule has 76 valence electrons. The summed E-state index contributed by atoms with van der Waals surface area (Å²) >= 11 is 0. The largest absolute Gasteiger partial charge is 0.377 e. The van der Waals surface area contributed by atoms with Crippen LogP contribution in [-0.4, -0.2) is 42.8 Å². The first-order valence-corrected chi connectivity index (χ1v) is 5.31. The van der Waals surface area contributed by atoms with Crippen LogP contribution in [0.15, 0.2) is 0 Å². The van der Waals surface area contributed by atoms with Crippen molar-refractivity contribution in [3.8, 4) is 0 Å². The van der Waals surface area contributed by atoms with E-state index in [-0.39, 0.29) is 5.54 Å². The molecule has 3 heteroatoms. The summed E-state index contributed by atoms with van der Waals surface area (Å²) in [7, 11) is 0. The molecule has 0 aromatic carbocycles. The van der Waals surface area contributed by atoms with E-state index in [1.165, 1.54) is 12.8 Å². The average Bonchev–Trinajstić information content (AvgIpc) is 2.79. The first-order valence-electron chi connectivity index (χ1n) is 5.31. The molecule has 1 heterocycles. The molecule has 1 aliphatic heterocycles. The third kappa shape index (κ3) is 2.66. The molecule has 0 aromatic heterocycles. The highest BCUT2D eigenvalue weighted by Gasteiger charge is 2.39. The lowest BCUT2D eigenvalue weighted by molar-refractivity contribution is 0.0666. The van der Waals surface area contributed by atoms with E-state index in [1.807, 2.05) is 0 Å². The molecule has 3 nitrogen and oxygen atoms in total. The highest BCUT2D eigenvalue weighted by molar-refractivity contribution is 5.01. The van der Waals surface area contributed by atoms with E-state index in [2.05, 4.69) is 11.8 Å². The maximum absolute atomic E-state index is 6.09. The Hall–Kier alpha value is -0.120. The predicted octanol–water partition coefficient (Wildman–Crippen LogP) is 0.588. The Morgan fingerprint density at radius 1 is 1.54 bits per heavy atom. The number of hydrogen-bond donors (Lipinski definition) is 1. The molecular weight excluding hydrogens is 164 g/mol. The smallest absolute Gasteiger partial charge is 0.0673 e. The van der Waals surface area contributed by atoms with E-state index in [1.54, 1.807) is 0 Å². The summed E-state index contributed by atoms with van der Waals surface area (Å²) in [4.78, 5) is 2.46. The molecule has 1 saturated heterocycles. The molecule has 0 bridgehead atoms. The Morgan fingerprint density at radius 3 is 3.00 bits per heavy atom. The van der Waals surface area contributed by atoms with Crippen molar-refractivity contribution in [2.45, 2.75) is 37.8 Å². The van der Waals surface area contributed by atoms with Gasteiger partial charge in [0, 0.05) is 31.8 Å². The monoisotopic (exact) mass is 184 g/mol. The first-order chi connectivity index (χ1) is 6.18. The molecule has 0 radical (unpaired) electrons. The summed E-state index contributed by atoms with van der Waals surface area (Å²) in [6, 6.07) is 0. The van der Waals surface area contributed by atoms with Gasteiger partial charge in [-0.3, -0.25) is 4.90 Å². The summed E-state index contributed by atoms with van der Waals surface area (Å²) in [5.41, 5.74) is 6.25. The summed E-state index contributed by atoms with van der Waals surface area (Å²) in [5, 5.41) is 0. The summed E-state index contributed by atoms with van der Waals surface area (Å²) < 4.78 is 5.59. The molecule has 13 heavy (non-hydrogen) atoms. The Labute approximate surface area is 80.2 Å². The second-order valence-electron chi connectivity index (χ2n) is 4.63. The number of hydrogen-bond acceptors (Lipinski definition) is 3. The van der Waals surface area contributed by atoms with Gasteiger partial charge in [-0.1, -0.05) is 0 Å². The molecule has 0 aromatic rings. The van der Waals surface area contributed by atoms with Crippen molar-refractivity contribution >= 4 is 0 Å². The van der Waals surface area contributed by atoms with Crippen molar-refractivity contribution in [1.29, 1.82) is 0 Å². The van der Waals surface area contributed by atoms with Crippen molar-refractivity contribution in [3.05, 3.63) is 0 Å². The van der Waals surface area contributed by atoms with Gasteiger partial charge in [-0.2, -0.15) is 0 Å². The quantitative estimate of drug-likeness (QED) is 0.682. The highest BCUT2D eigenvalue weighted by Crippen LogP contribution is 2.33.